The van der Waals surface area contributed by atoms with Crippen LogP contribution in [0.4, 0.5) is 8.78 Å². The van der Waals surface area contributed by atoms with Crippen LogP contribution in [0.25, 0.3) is 0 Å². The van der Waals surface area contributed by atoms with Crippen molar-refractivity contribution < 1.29 is 32.7 Å². The van der Waals surface area contributed by atoms with Gasteiger partial charge in [0.25, 0.3) is 0 Å². The van der Waals surface area contributed by atoms with Gasteiger partial charge in [-0.05, 0) is 55.4 Å². The third-order valence-corrected chi connectivity index (χ3v) is 11.9. The van der Waals surface area contributed by atoms with E-state index in [0.717, 1.165) is 17.3 Å². The number of nitrogens with zero attached hydrogens (tertiary/aromatic N) is 1. The Morgan fingerprint density at radius 3 is 2.76 bits per heavy atom. The van der Waals surface area contributed by atoms with Gasteiger partial charge >= 0.3 is 0 Å². The molecule has 9 atom stereocenters. The molecule has 3 saturated carbocycles. The van der Waals surface area contributed by atoms with Gasteiger partial charge in [0.05, 0.1) is 30.4 Å². The molecule has 0 spiro atoms. The van der Waals surface area contributed by atoms with E-state index in [9.17, 15) is 14.7 Å². The first kappa shape index (κ1) is 26.7. The van der Waals surface area contributed by atoms with E-state index in [-0.39, 0.29) is 40.4 Å². The van der Waals surface area contributed by atoms with Gasteiger partial charge in [-0.3, -0.25) is 14.4 Å². The molecule has 0 bridgehead atoms. The Balaban J connectivity index is 1.46. The fraction of sp³-hybridized carbons (Fsp3) is 0.643. The fourth-order valence-electron chi connectivity index (χ4n) is 8.96. The minimum Gasteiger partial charge on any atom is -0.472 e. The lowest BCUT2D eigenvalue weighted by Crippen LogP contribution is -2.73. The van der Waals surface area contributed by atoms with Crippen LogP contribution in [0, 0.1) is 28.1 Å². The molecule has 0 unspecified atom stereocenters. The van der Waals surface area contributed by atoms with E-state index in [4.69, 9.17) is 20.9 Å². The van der Waals surface area contributed by atoms with E-state index in [1.54, 1.807) is 24.5 Å². The zero-order chi connectivity index (χ0) is 27.3. The van der Waals surface area contributed by atoms with Gasteiger partial charge in [0.2, 0.25) is 5.12 Å². The first-order chi connectivity index (χ1) is 17.9. The minimum atomic E-state index is -2.23. The van der Waals surface area contributed by atoms with Crippen LogP contribution in [0.2, 0.25) is 0 Å². The van der Waals surface area contributed by atoms with Gasteiger partial charge in [0, 0.05) is 34.8 Å². The standard InChI is InChI=1S/C28H32ClF2NO5S/c1-24-6-4-18(33)8-19(24)20(30)9-21-25(2)10-17-13-32(12-16-5-7-36-14-16)37-28(17,23(35)38-15-29)26(25,3)11-22(34)27(21,24)31/h4-8,14,17,20-22,34H,9-13,15H2,1-3H3/t17-,20-,21-,22-,24-,25-,26-,27-,28-/m0/s1. The summed E-state index contributed by atoms with van der Waals surface area (Å²) in [5.41, 5.74) is -6.02. The summed E-state index contributed by atoms with van der Waals surface area (Å²) >= 11 is 6.97. The third kappa shape index (κ3) is 3.05. The van der Waals surface area contributed by atoms with E-state index in [1.165, 1.54) is 18.2 Å². The smallest absolute Gasteiger partial charge is 0.225 e. The molecule has 0 aromatic carbocycles. The van der Waals surface area contributed by atoms with Crippen molar-refractivity contribution in [1.29, 1.82) is 0 Å². The first-order valence-electron chi connectivity index (χ1n) is 13.0. The van der Waals surface area contributed by atoms with E-state index >= 15 is 8.78 Å². The average molecular weight is 568 g/mol. The first-order valence-corrected chi connectivity index (χ1v) is 14.5. The maximum atomic E-state index is 17.7. The molecule has 38 heavy (non-hydrogen) atoms. The number of allylic oxidation sites excluding steroid dienone is 4. The lowest BCUT2D eigenvalue weighted by atomic mass is 9.40. The number of hydrogen-bond donors (Lipinski definition) is 1. The van der Waals surface area contributed by atoms with Crippen molar-refractivity contribution in [2.45, 2.75) is 70.1 Å². The summed E-state index contributed by atoms with van der Waals surface area (Å²) in [5.74, 6) is -1.61. The van der Waals surface area contributed by atoms with E-state index in [2.05, 4.69) is 0 Å². The molecule has 2 heterocycles. The molecular formula is C28H32ClF2NO5S. The molecule has 1 aliphatic heterocycles. The highest BCUT2D eigenvalue weighted by Crippen LogP contribution is 2.78. The Hall–Kier alpha value is -1.52. The maximum absolute atomic E-state index is 17.7. The van der Waals surface area contributed by atoms with Crippen molar-refractivity contribution in [2.24, 2.45) is 28.1 Å². The highest BCUT2D eigenvalue weighted by Gasteiger charge is 2.83. The summed E-state index contributed by atoms with van der Waals surface area (Å²) in [6, 6.07) is 1.82. The molecule has 4 fully saturated rings. The van der Waals surface area contributed by atoms with Crippen molar-refractivity contribution in [2.75, 3.05) is 11.8 Å². The normalized spacial score (nSPS) is 47.8. The molecule has 4 aliphatic carbocycles. The Morgan fingerprint density at radius 2 is 2.08 bits per heavy atom. The molecule has 10 heteroatoms. The second-order valence-electron chi connectivity index (χ2n) is 12.3. The number of fused-ring (bicyclic) bond motifs is 7. The van der Waals surface area contributed by atoms with E-state index < -0.39 is 45.7 Å². The van der Waals surface area contributed by atoms with Crippen molar-refractivity contribution in [3.8, 4) is 0 Å². The monoisotopic (exact) mass is 567 g/mol. The fourth-order valence-corrected chi connectivity index (χ4v) is 10.00. The molecule has 6 rings (SSSR count). The van der Waals surface area contributed by atoms with Gasteiger partial charge in [-0.25, -0.2) is 8.78 Å². The predicted molar refractivity (Wildman–Crippen MR) is 138 cm³/mol. The summed E-state index contributed by atoms with van der Waals surface area (Å²) < 4.78 is 38.7. The van der Waals surface area contributed by atoms with Crippen LogP contribution >= 0.6 is 23.4 Å². The SMILES string of the molecule is C[C@]12C[C@H](O)[C@@]3(F)[C@@H](C[C@H](F)C4=CC(=O)C=C[C@@]43C)[C@]1(C)C[C@H]1CN(Cc3ccoc3)O[C@]12C(=O)SCCl. The van der Waals surface area contributed by atoms with Crippen LogP contribution in [-0.2, 0) is 21.0 Å². The van der Waals surface area contributed by atoms with Crippen molar-refractivity contribution >= 4 is 34.3 Å². The third-order valence-electron chi connectivity index (χ3n) is 10.9. The van der Waals surface area contributed by atoms with Crippen LogP contribution < -0.4 is 0 Å². The Kier molecular flexibility index (Phi) is 5.96. The number of ketones is 1. The number of halogens is 3. The van der Waals surface area contributed by atoms with E-state index in [1.807, 2.05) is 19.9 Å². The average Bonchev–Trinajstić information content (AvgIpc) is 3.54. The molecule has 0 amide bonds. The largest absolute Gasteiger partial charge is 0.472 e. The lowest BCUT2D eigenvalue weighted by molar-refractivity contribution is -0.286. The summed E-state index contributed by atoms with van der Waals surface area (Å²) in [5, 5.41) is 13.2. The molecule has 0 radical (unpaired) electrons. The Morgan fingerprint density at radius 1 is 1.32 bits per heavy atom. The predicted octanol–water partition coefficient (Wildman–Crippen LogP) is 5.16. The maximum Gasteiger partial charge on any atom is 0.225 e. The number of rotatable bonds is 4. The molecule has 1 aromatic heterocycles. The number of aliphatic hydroxyl groups is 1. The molecule has 1 N–H and O–H groups in total. The molecule has 5 aliphatic rings. The zero-order valence-corrected chi connectivity index (χ0v) is 23.2. The second kappa shape index (κ2) is 8.49. The van der Waals surface area contributed by atoms with Crippen molar-refractivity contribution in [3.63, 3.8) is 0 Å². The Labute approximate surface area is 229 Å². The molecular weight excluding hydrogens is 536 g/mol. The van der Waals surface area contributed by atoms with Crippen LogP contribution in [0.3, 0.4) is 0 Å². The van der Waals surface area contributed by atoms with E-state index in [0.29, 0.717) is 19.5 Å². The van der Waals surface area contributed by atoms with Crippen molar-refractivity contribution in [3.05, 3.63) is 48.0 Å². The summed E-state index contributed by atoms with van der Waals surface area (Å²) in [6.07, 6.45) is 4.21. The molecule has 6 nitrogen and oxygen atoms in total. The van der Waals surface area contributed by atoms with Crippen LogP contribution in [0.15, 0.2) is 46.8 Å². The lowest BCUT2D eigenvalue weighted by Gasteiger charge is -2.67. The summed E-state index contributed by atoms with van der Waals surface area (Å²) in [4.78, 5) is 32.6. The van der Waals surface area contributed by atoms with Gasteiger partial charge in [-0.2, -0.15) is 5.06 Å². The number of furan rings is 1. The number of thioether (sulfide) groups is 1. The van der Waals surface area contributed by atoms with Gasteiger partial charge in [0.15, 0.2) is 17.1 Å². The highest BCUT2D eigenvalue weighted by molar-refractivity contribution is 8.14. The minimum absolute atomic E-state index is 0.0296. The zero-order valence-electron chi connectivity index (χ0n) is 21.6. The molecule has 1 saturated heterocycles. The second-order valence-corrected chi connectivity index (χ2v) is 13.8. The number of carbonyl (C=O) groups excluding carboxylic acids is 2. The van der Waals surface area contributed by atoms with Crippen LogP contribution in [-0.4, -0.2) is 56.4 Å². The Bertz CT molecular complexity index is 1240. The van der Waals surface area contributed by atoms with Gasteiger partial charge in [0.1, 0.15) is 6.17 Å². The molecule has 1 aromatic rings. The van der Waals surface area contributed by atoms with Gasteiger partial charge in [-0.15, -0.1) is 11.6 Å². The van der Waals surface area contributed by atoms with Crippen molar-refractivity contribution in [1.82, 2.24) is 5.06 Å². The number of carbonyl (C=O) groups is 2. The number of hydrogen-bond acceptors (Lipinski definition) is 7. The van der Waals surface area contributed by atoms with Gasteiger partial charge < -0.3 is 9.52 Å². The van der Waals surface area contributed by atoms with Gasteiger partial charge in [-0.1, -0.05) is 31.7 Å². The number of hydroxylamine groups is 2. The van der Waals surface area contributed by atoms with Crippen LogP contribution in [0.1, 0.15) is 45.6 Å². The number of alkyl halides is 3. The molecule has 206 valence electrons. The topological polar surface area (TPSA) is 80.0 Å². The summed E-state index contributed by atoms with van der Waals surface area (Å²) in [7, 11) is 0. The highest BCUT2D eigenvalue weighted by atomic mass is 35.5. The number of aliphatic hydroxyl groups excluding tert-OH is 1. The quantitative estimate of drug-likeness (QED) is 0.504. The summed E-state index contributed by atoms with van der Waals surface area (Å²) in [6.45, 7) is 6.23. The van der Waals surface area contributed by atoms with Crippen LogP contribution in [0.5, 0.6) is 0 Å².